The van der Waals surface area contributed by atoms with Gasteiger partial charge in [0.1, 0.15) is 12.7 Å². The van der Waals surface area contributed by atoms with Gasteiger partial charge in [-0.25, -0.2) is 4.79 Å². The molecule has 1 aliphatic carbocycles. The number of carbonyl (C=O) groups is 1. The van der Waals surface area contributed by atoms with Gasteiger partial charge < -0.3 is 13.9 Å². The van der Waals surface area contributed by atoms with E-state index in [2.05, 4.69) is 47.6 Å². The maximum absolute atomic E-state index is 11.9. The number of alkyl halides is 3. The zero-order valence-corrected chi connectivity index (χ0v) is 20.5. The van der Waals surface area contributed by atoms with Crippen LogP contribution in [-0.2, 0) is 13.9 Å². The summed E-state index contributed by atoms with van der Waals surface area (Å²) in [6.45, 7) is 13.7. The molecule has 0 saturated heterocycles. The van der Waals surface area contributed by atoms with Crippen molar-refractivity contribution in [2.75, 3.05) is 13.2 Å². The summed E-state index contributed by atoms with van der Waals surface area (Å²) >= 11 is 16.8. The van der Waals surface area contributed by atoms with E-state index < -0.39 is 18.3 Å². The predicted octanol–water partition coefficient (Wildman–Crippen LogP) is 7.18. The van der Waals surface area contributed by atoms with Crippen LogP contribution in [0.2, 0.25) is 16.6 Å². The normalized spacial score (nSPS) is 18.8. The SMILES string of the molecule is CC(C)[Si](OCC1=CCCCC1OC(=O)OCC(Cl)(Cl)Cl)(C(C)C)C(C)C. The van der Waals surface area contributed by atoms with E-state index in [9.17, 15) is 4.79 Å². The smallest absolute Gasteiger partial charge is 0.430 e. The molecule has 158 valence electrons. The molecule has 0 amide bonds. The van der Waals surface area contributed by atoms with Gasteiger partial charge in [0.2, 0.25) is 12.1 Å². The van der Waals surface area contributed by atoms with Crippen LogP contribution in [0.5, 0.6) is 0 Å². The molecule has 0 radical (unpaired) electrons. The van der Waals surface area contributed by atoms with Crippen LogP contribution in [-0.4, -0.2) is 37.6 Å². The number of rotatable bonds is 8. The van der Waals surface area contributed by atoms with E-state index in [1.54, 1.807) is 0 Å². The number of halogens is 3. The molecule has 0 aromatic carbocycles. The first-order chi connectivity index (χ1) is 12.4. The Hall–Kier alpha value is 0.0569. The molecule has 0 heterocycles. The summed E-state index contributed by atoms with van der Waals surface area (Å²) in [4.78, 5) is 11.9. The summed E-state index contributed by atoms with van der Waals surface area (Å²) < 4.78 is 15.4. The highest BCUT2D eigenvalue weighted by atomic mass is 35.6. The lowest BCUT2D eigenvalue weighted by Crippen LogP contribution is -2.48. The number of hydrogen-bond donors (Lipinski definition) is 0. The Balaban J connectivity index is 2.78. The monoisotopic (exact) mass is 458 g/mol. The fraction of sp³-hybridized carbons (Fsp3) is 0.842. The molecule has 0 aromatic rings. The van der Waals surface area contributed by atoms with Crippen molar-refractivity contribution in [2.24, 2.45) is 0 Å². The van der Waals surface area contributed by atoms with Crippen molar-refractivity contribution >= 4 is 49.3 Å². The van der Waals surface area contributed by atoms with E-state index in [1.165, 1.54) is 0 Å². The highest BCUT2D eigenvalue weighted by Gasteiger charge is 2.45. The van der Waals surface area contributed by atoms with Crippen molar-refractivity contribution in [3.63, 3.8) is 0 Å². The maximum atomic E-state index is 11.9. The van der Waals surface area contributed by atoms with Gasteiger partial charge >= 0.3 is 6.16 Å². The molecule has 27 heavy (non-hydrogen) atoms. The molecule has 1 rings (SSSR count). The predicted molar refractivity (Wildman–Crippen MR) is 115 cm³/mol. The molecule has 1 aliphatic rings. The summed E-state index contributed by atoms with van der Waals surface area (Å²) in [6, 6.07) is 0. The molecule has 1 atom stereocenters. The lowest BCUT2D eigenvalue weighted by Gasteiger charge is -2.42. The van der Waals surface area contributed by atoms with Gasteiger partial charge in [-0.15, -0.1) is 0 Å². The van der Waals surface area contributed by atoms with Crippen molar-refractivity contribution in [3.05, 3.63) is 11.6 Å². The molecule has 0 N–H and O–H groups in total. The lowest BCUT2D eigenvalue weighted by molar-refractivity contribution is 0.0280. The third-order valence-corrected chi connectivity index (χ3v) is 11.7. The highest BCUT2D eigenvalue weighted by molar-refractivity contribution is 6.77. The average Bonchev–Trinajstić information content (AvgIpc) is 2.53. The van der Waals surface area contributed by atoms with Gasteiger partial charge in [-0.2, -0.15) is 0 Å². The van der Waals surface area contributed by atoms with E-state index in [-0.39, 0.29) is 12.7 Å². The number of hydrogen-bond acceptors (Lipinski definition) is 4. The molecular weight excluding hydrogens is 427 g/mol. The minimum Gasteiger partial charge on any atom is -0.430 e. The van der Waals surface area contributed by atoms with Crippen molar-refractivity contribution in [2.45, 2.75) is 87.3 Å². The Morgan fingerprint density at radius 1 is 1.15 bits per heavy atom. The first-order valence-electron chi connectivity index (χ1n) is 9.63. The maximum Gasteiger partial charge on any atom is 0.509 e. The van der Waals surface area contributed by atoms with Gasteiger partial charge in [-0.1, -0.05) is 82.4 Å². The van der Waals surface area contributed by atoms with Gasteiger partial charge in [-0.3, -0.25) is 0 Å². The van der Waals surface area contributed by atoms with Gasteiger partial charge in [-0.05, 0) is 41.5 Å². The van der Waals surface area contributed by atoms with Crippen molar-refractivity contribution < 1.29 is 18.7 Å². The molecule has 1 unspecified atom stereocenters. The van der Waals surface area contributed by atoms with Crippen LogP contribution >= 0.6 is 34.8 Å². The average molecular weight is 460 g/mol. The van der Waals surface area contributed by atoms with E-state index >= 15 is 0 Å². The number of carbonyl (C=O) groups excluding carboxylic acids is 1. The van der Waals surface area contributed by atoms with E-state index in [0.29, 0.717) is 23.2 Å². The summed E-state index contributed by atoms with van der Waals surface area (Å²) in [5.41, 5.74) is 2.49. The topological polar surface area (TPSA) is 44.8 Å². The second-order valence-corrected chi connectivity index (χ2v) is 16.1. The van der Waals surface area contributed by atoms with Gasteiger partial charge in [0, 0.05) is 0 Å². The summed E-state index contributed by atoms with van der Waals surface area (Å²) in [6.07, 6.45) is 3.61. The largest absolute Gasteiger partial charge is 0.509 e. The molecule has 4 nitrogen and oxygen atoms in total. The second kappa shape index (κ2) is 10.7. The van der Waals surface area contributed by atoms with Crippen LogP contribution in [0.25, 0.3) is 0 Å². The Morgan fingerprint density at radius 3 is 2.19 bits per heavy atom. The Morgan fingerprint density at radius 2 is 1.70 bits per heavy atom. The first-order valence-corrected chi connectivity index (χ1v) is 12.9. The van der Waals surface area contributed by atoms with Crippen molar-refractivity contribution in [1.82, 2.24) is 0 Å². The van der Waals surface area contributed by atoms with Crippen molar-refractivity contribution in [1.29, 1.82) is 0 Å². The quantitative estimate of drug-likeness (QED) is 0.167. The van der Waals surface area contributed by atoms with Gasteiger partial charge in [0.05, 0.1) is 6.61 Å². The molecule has 0 bridgehead atoms. The minimum absolute atomic E-state index is 0.344. The third kappa shape index (κ3) is 7.43. The molecule has 0 saturated carbocycles. The summed E-state index contributed by atoms with van der Waals surface area (Å²) in [5, 5.41) is 0. The Bertz CT molecular complexity index is 494. The molecule has 0 aromatic heterocycles. The second-order valence-electron chi connectivity index (χ2n) is 8.08. The van der Waals surface area contributed by atoms with Crippen LogP contribution in [0, 0.1) is 0 Å². The fourth-order valence-electron chi connectivity index (χ4n) is 4.19. The van der Waals surface area contributed by atoms with Crippen LogP contribution in [0.1, 0.15) is 60.8 Å². The summed E-state index contributed by atoms with van der Waals surface area (Å²) in [7, 11) is -1.99. The van der Waals surface area contributed by atoms with Crippen LogP contribution in [0.4, 0.5) is 4.79 Å². The van der Waals surface area contributed by atoms with Crippen molar-refractivity contribution in [3.8, 4) is 0 Å². The van der Waals surface area contributed by atoms with E-state index in [1.807, 2.05) is 0 Å². The number of ether oxygens (including phenoxy) is 2. The number of allylic oxidation sites excluding steroid dienone is 1. The minimum atomic E-state index is -1.99. The van der Waals surface area contributed by atoms with E-state index in [4.69, 9.17) is 48.7 Å². The molecule has 0 spiro atoms. The zero-order chi connectivity index (χ0) is 20.8. The van der Waals surface area contributed by atoms with Gasteiger partial charge in [0.25, 0.3) is 0 Å². The van der Waals surface area contributed by atoms with E-state index in [0.717, 1.165) is 24.8 Å². The summed E-state index contributed by atoms with van der Waals surface area (Å²) in [5.74, 6) is 0. The highest BCUT2D eigenvalue weighted by Crippen LogP contribution is 2.42. The first kappa shape index (κ1) is 25.1. The van der Waals surface area contributed by atoms with Crippen LogP contribution < -0.4 is 0 Å². The molecule has 8 heteroatoms. The van der Waals surface area contributed by atoms with Crippen LogP contribution in [0.3, 0.4) is 0 Å². The zero-order valence-electron chi connectivity index (χ0n) is 17.2. The van der Waals surface area contributed by atoms with Crippen LogP contribution in [0.15, 0.2) is 11.6 Å². The molecule has 0 aliphatic heterocycles. The standard InChI is InChI=1S/C19H33Cl3O4Si/c1-13(2)27(14(3)4,15(5)6)25-11-16-9-7-8-10-17(16)26-18(23)24-12-19(20,21)22/h9,13-15,17H,7-8,10-12H2,1-6H3. The fourth-order valence-corrected chi connectivity index (χ4v) is 9.77. The third-order valence-electron chi connectivity index (χ3n) is 5.28. The molecular formula is C19H33Cl3O4Si. The lowest BCUT2D eigenvalue weighted by atomic mass is 9.97. The Labute approximate surface area is 180 Å². The van der Waals surface area contributed by atoms with Gasteiger partial charge in [0.15, 0.2) is 0 Å². The Kier molecular flexibility index (Phi) is 9.97. The molecule has 0 fully saturated rings.